The van der Waals surface area contributed by atoms with E-state index >= 15 is 0 Å². The van der Waals surface area contributed by atoms with E-state index in [-0.39, 0.29) is 22.4 Å². The van der Waals surface area contributed by atoms with E-state index in [4.69, 9.17) is 0 Å². The molecule has 0 fully saturated rings. The van der Waals surface area contributed by atoms with Crippen LogP contribution < -0.4 is 0 Å². The summed E-state index contributed by atoms with van der Waals surface area (Å²) in [5.74, 6) is 0. The quantitative estimate of drug-likeness (QED) is 0.654. The van der Waals surface area contributed by atoms with Crippen molar-refractivity contribution < 1.29 is 22.4 Å². The molecule has 0 aliphatic rings. The summed E-state index contributed by atoms with van der Waals surface area (Å²) in [6, 6.07) is 16.7. The second-order valence-electron chi connectivity index (χ2n) is 2.35. The molecule has 0 aliphatic heterocycles. The average molecular weight is 325 g/mol. The van der Waals surface area contributed by atoms with Crippen molar-refractivity contribution in [3.63, 3.8) is 0 Å². The fourth-order valence-electron chi connectivity index (χ4n) is 1.13. The first-order valence-electron chi connectivity index (χ1n) is 3.40. The molecule has 59 valence electrons. The molecule has 0 saturated carbocycles. The van der Waals surface area contributed by atoms with Crippen LogP contribution in [-0.2, 0) is 22.4 Å². The van der Waals surface area contributed by atoms with Gasteiger partial charge in [0.25, 0.3) is 0 Å². The van der Waals surface area contributed by atoms with Gasteiger partial charge in [0.1, 0.15) is 0 Å². The maximum absolute atomic E-state index is 2.12. The molecule has 1 heteroatoms. The monoisotopic (exact) mass is 325 g/mol. The van der Waals surface area contributed by atoms with Crippen LogP contribution in [0.3, 0.4) is 0 Å². The van der Waals surface area contributed by atoms with Gasteiger partial charge >= 0.3 is 0 Å². The second kappa shape index (κ2) is 3.72. The Kier molecular flexibility index (Phi) is 2.89. The van der Waals surface area contributed by atoms with Gasteiger partial charge in [-0.05, 0) is 10.8 Å². The van der Waals surface area contributed by atoms with Gasteiger partial charge in [0.05, 0.1) is 0 Å². The summed E-state index contributed by atoms with van der Waals surface area (Å²) in [7, 11) is 0. The molecule has 0 nitrogen and oxygen atoms in total. The molecule has 11 heavy (non-hydrogen) atoms. The number of fused-ring (bicyclic) bond motifs is 1. The molecule has 0 saturated heterocycles. The molecule has 0 amide bonds. The zero-order valence-corrected chi connectivity index (χ0v) is 8.09. The Morgan fingerprint density at radius 3 is 1.09 bits per heavy atom. The number of rotatable bonds is 0. The summed E-state index contributed by atoms with van der Waals surface area (Å²) >= 11 is 0. The molecule has 0 bridgehead atoms. The van der Waals surface area contributed by atoms with Crippen LogP contribution in [0.15, 0.2) is 48.5 Å². The molecule has 0 aromatic heterocycles. The van der Waals surface area contributed by atoms with Crippen LogP contribution in [-0.4, -0.2) is 0 Å². The number of hydrogen-bond acceptors (Lipinski definition) is 0. The Labute approximate surface area is 81.7 Å². The standard InChI is InChI=1S/C10H8.Au/c1-2-6-10-8-4-3-7-9(10)5-1;/h1-8H;. The van der Waals surface area contributed by atoms with Crippen LogP contribution in [0.25, 0.3) is 10.8 Å². The minimum absolute atomic E-state index is 0. The van der Waals surface area contributed by atoms with Gasteiger partial charge in [-0.25, -0.2) is 0 Å². The van der Waals surface area contributed by atoms with E-state index in [1.807, 2.05) is 0 Å². The Bertz CT molecular complexity index is 276. The van der Waals surface area contributed by atoms with Gasteiger partial charge in [-0.2, -0.15) is 0 Å². The van der Waals surface area contributed by atoms with Crippen molar-refractivity contribution >= 4 is 10.8 Å². The van der Waals surface area contributed by atoms with Crippen LogP contribution in [0, 0.1) is 0 Å². The van der Waals surface area contributed by atoms with Gasteiger partial charge in [0.15, 0.2) is 0 Å². The van der Waals surface area contributed by atoms with Gasteiger partial charge in [-0.15, -0.1) is 0 Å². The van der Waals surface area contributed by atoms with E-state index in [2.05, 4.69) is 48.5 Å². The van der Waals surface area contributed by atoms with Crippen molar-refractivity contribution in [2.75, 3.05) is 0 Å². The molecule has 0 spiro atoms. The third-order valence-corrected chi connectivity index (χ3v) is 1.66. The third kappa shape index (κ3) is 1.72. The van der Waals surface area contributed by atoms with Crippen LogP contribution in [0.2, 0.25) is 0 Å². The molecule has 0 atom stereocenters. The van der Waals surface area contributed by atoms with Crippen molar-refractivity contribution in [3.8, 4) is 0 Å². The maximum atomic E-state index is 2.12. The Morgan fingerprint density at radius 2 is 0.818 bits per heavy atom. The van der Waals surface area contributed by atoms with Crippen molar-refractivity contribution in [1.29, 1.82) is 0 Å². The minimum atomic E-state index is 0. The molecule has 0 unspecified atom stereocenters. The first-order valence-corrected chi connectivity index (χ1v) is 3.40. The van der Waals surface area contributed by atoms with Crippen molar-refractivity contribution in [2.45, 2.75) is 0 Å². The number of benzene rings is 2. The average Bonchev–Trinajstić information content (AvgIpc) is 2.05. The zero-order chi connectivity index (χ0) is 6.81. The van der Waals surface area contributed by atoms with Crippen LogP contribution >= 0.6 is 0 Å². The van der Waals surface area contributed by atoms with E-state index < -0.39 is 0 Å². The molecule has 2 rings (SSSR count). The van der Waals surface area contributed by atoms with E-state index in [0.29, 0.717) is 0 Å². The van der Waals surface area contributed by atoms with Gasteiger partial charge < -0.3 is 0 Å². The van der Waals surface area contributed by atoms with Gasteiger partial charge in [-0.1, -0.05) is 48.5 Å². The number of hydrogen-bond donors (Lipinski definition) is 0. The first kappa shape index (κ1) is 8.54. The minimum Gasteiger partial charge on any atom is -0.0616 e. The molecule has 1 radical (unpaired) electrons. The molecule has 2 aromatic rings. The van der Waals surface area contributed by atoms with Crippen molar-refractivity contribution in [2.24, 2.45) is 0 Å². The fraction of sp³-hybridized carbons (Fsp3) is 0. The summed E-state index contributed by atoms with van der Waals surface area (Å²) in [5, 5.41) is 2.62. The fourth-order valence-corrected chi connectivity index (χ4v) is 1.13. The topological polar surface area (TPSA) is 0 Å². The predicted octanol–water partition coefficient (Wildman–Crippen LogP) is 2.84. The van der Waals surface area contributed by atoms with Crippen molar-refractivity contribution in [3.05, 3.63) is 48.5 Å². The Balaban J connectivity index is 0.000000605. The summed E-state index contributed by atoms with van der Waals surface area (Å²) in [6.45, 7) is 0. The summed E-state index contributed by atoms with van der Waals surface area (Å²) in [4.78, 5) is 0. The summed E-state index contributed by atoms with van der Waals surface area (Å²) < 4.78 is 0. The van der Waals surface area contributed by atoms with E-state index in [1.54, 1.807) is 0 Å². The van der Waals surface area contributed by atoms with E-state index in [0.717, 1.165) is 0 Å². The third-order valence-electron chi connectivity index (χ3n) is 1.66. The normalized spacial score (nSPS) is 9.09. The largest absolute Gasteiger partial charge is 0.0616 e. The van der Waals surface area contributed by atoms with Gasteiger partial charge in [-0.3, -0.25) is 0 Å². The maximum Gasteiger partial charge on any atom is 0 e. The zero-order valence-electron chi connectivity index (χ0n) is 5.92. The molecule has 0 aliphatic carbocycles. The predicted molar refractivity (Wildman–Crippen MR) is 43.9 cm³/mol. The van der Waals surface area contributed by atoms with Gasteiger partial charge in [0, 0.05) is 22.4 Å². The smallest absolute Gasteiger partial charge is 0 e. The molecular weight excluding hydrogens is 317 g/mol. The van der Waals surface area contributed by atoms with Crippen LogP contribution in [0.4, 0.5) is 0 Å². The molecular formula is C10H8Au. The Hall–Kier alpha value is -0.560. The SMILES string of the molecule is [Au].c1ccc2ccccc2c1. The van der Waals surface area contributed by atoms with Crippen LogP contribution in [0.5, 0.6) is 0 Å². The molecule has 0 N–H and O–H groups in total. The van der Waals surface area contributed by atoms with Crippen molar-refractivity contribution in [1.82, 2.24) is 0 Å². The summed E-state index contributed by atoms with van der Waals surface area (Å²) in [5.41, 5.74) is 0. The summed E-state index contributed by atoms with van der Waals surface area (Å²) in [6.07, 6.45) is 0. The molecule has 0 heterocycles. The van der Waals surface area contributed by atoms with Gasteiger partial charge in [0.2, 0.25) is 0 Å². The molecule has 2 aromatic carbocycles. The second-order valence-corrected chi connectivity index (χ2v) is 2.35. The van der Waals surface area contributed by atoms with E-state index in [1.165, 1.54) is 10.8 Å². The van der Waals surface area contributed by atoms with E-state index in [9.17, 15) is 0 Å². The Morgan fingerprint density at radius 1 is 0.545 bits per heavy atom. The first-order chi connectivity index (χ1) is 4.97. The van der Waals surface area contributed by atoms with Crippen LogP contribution in [0.1, 0.15) is 0 Å².